The average molecular weight is 390 g/mol. The number of carboxylic acid groups (broad SMARTS) is 1. The molecule has 0 amide bonds. The third-order valence-electron chi connectivity index (χ3n) is 5.18. The van der Waals surface area contributed by atoms with E-state index in [0.29, 0.717) is 4.91 Å². The van der Waals surface area contributed by atoms with E-state index in [0.717, 1.165) is 24.2 Å². The number of unbranched alkanes of at least 4 members (excludes halogenated alkanes) is 9. The molecule has 1 aromatic heterocycles. The van der Waals surface area contributed by atoms with Crippen molar-refractivity contribution in [2.75, 3.05) is 6.54 Å². The number of aliphatic carboxylic acids is 1. The molecule has 0 saturated heterocycles. The summed E-state index contributed by atoms with van der Waals surface area (Å²) in [6.45, 7) is 5.03. The monoisotopic (exact) mass is 389 g/mol. The minimum absolute atomic E-state index is 0.00911. The SMILES string of the molecule is CCCCCCCCCCCCN1C(C)=C(C(=O)[O-])SC1c1cccnc1. The molecule has 2 rings (SSSR count). The van der Waals surface area contributed by atoms with Gasteiger partial charge in [0.2, 0.25) is 0 Å². The molecule has 1 aromatic rings. The van der Waals surface area contributed by atoms with Gasteiger partial charge in [-0.15, -0.1) is 0 Å². The number of hydrogen-bond donors (Lipinski definition) is 0. The molecule has 0 bridgehead atoms. The van der Waals surface area contributed by atoms with Crippen molar-refractivity contribution in [1.29, 1.82) is 0 Å². The van der Waals surface area contributed by atoms with Crippen LogP contribution in [0.15, 0.2) is 35.1 Å². The highest BCUT2D eigenvalue weighted by atomic mass is 32.2. The first-order valence-corrected chi connectivity index (χ1v) is 11.3. The fourth-order valence-corrected chi connectivity index (χ4v) is 4.86. The number of aromatic nitrogens is 1. The van der Waals surface area contributed by atoms with Crippen LogP contribution < -0.4 is 5.11 Å². The van der Waals surface area contributed by atoms with Crippen LogP contribution in [0.1, 0.15) is 89.0 Å². The van der Waals surface area contributed by atoms with Gasteiger partial charge in [0, 0.05) is 30.2 Å². The fourth-order valence-electron chi connectivity index (χ4n) is 3.59. The molecular weight excluding hydrogens is 356 g/mol. The van der Waals surface area contributed by atoms with Crippen LogP contribution >= 0.6 is 11.8 Å². The van der Waals surface area contributed by atoms with Crippen molar-refractivity contribution in [3.63, 3.8) is 0 Å². The number of hydrogen-bond acceptors (Lipinski definition) is 5. The number of carboxylic acids is 1. The Morgan fingerprint density at radius 3 is 2.30 bits per heavy atom. The maximum absolute atomic E-state index is 11.4. The molecule has 1 aliphatic heterocycles. The van der Waals surface area contributed by atoms with E-state index < -0.39 is 5.97 Å². The molecule has 150 valence electrons. The van der Waals surface area contributed by atoms with E-state index in [2.05, 4.69) is 16.8 Å². The van der Waals surface area contributed by atoms with Crippen molar-refractivity contribution in [3.05, 3.63) is 40.7 Å². The molecule has 1 unspecified atom stereocenters. The van der Waals surface area contributed by atoms with Gasteiger partial charge in [0.15, 0.2) is 0 Å². The summed E-state index contributed by atoms with van der Waals surface area (Å²) in [5, 5.41) is 11.4. The minimum atomic E-state index is -1.07. The molecule has 0 N–H and O–H groups in total. The minimum Gasteiger partial charge on any atom is -0.544 e. The number of rotatable bonds is 13. The van der Waals surface area contributed by atoms with Crippen molar-refractivity contribution >= 4 is 17.7 Å². The Hall–Kier alpha value is -1.49. The standard InChI is InChI=1S/C22H34N2O2S/c1-3-4-5-6-7-8-9-10-11-12-16-24-18(2)20(22(25)26)27-21(24)19-14-13-15-23-17-19/h13-15,17,21H,3-12,16H2,1-2H3,(H,25,26)/p-1. The summed E-state index contributed by atoms with van der Waals surface area (Å²) < 4.78 is 0. The molecule has 0 aliphatic carbocycles. The number of nitrogens with zero attached hydrogens (tertiary/aromatic N) is 2. The van der Waals surface area contributed by atoms with E-state index in [1.165, 1.54) is 69.5 Å². The summed E-state index contributed by atoms with van der Waals surface area (Å²) in [6, 6.07) is 3.92. The van der Waals surface area contributed by atoms with Crippen LogP contribution in [0.3, 0.4) is 0 Å². The van der Waals surface area contributed by atoms with Gasteiger partial charge in [-0.2, -0.15) is 0 Å². The van der Waals surface area contributed by atoms with Crippen LogP contribution in [0.2, 0.25) is 0 Å². The smallest absolute Gasteiger partial charge is 0.106 e. The molecule has 2 heterocycles. The third kappa shape index (κ3) is 6.87. The van der Waals surface area contributed by atoms with Gasteiger partial charge < -0.3 is 14.8 Å². The topological polar surface area (TPSA) is 56.3 Å². The normalized spacial score (nSPS) is 17.0. The molecular formula is C22H33N2O2S-. The lowest BCUT2D eigenvalue weighted by atomic mass is 10.1. The van der Waals surface area contributed by atoms with Gasteiger partial charge in [-0.3, -0.25) is 4.98 Å². The molecule has 5 heteroatoms. The van der Waals surface area contributed by atoms with Gasteiger partial charge in [0.25, 0.3) is 0 Å². The van der Waals surface area contributed by atoms with Gasteiger partial charge in [-0.1, -0.05) is 82.5 Å². The Kier molecular flexibility index (Phi) is 9.74. The number of allylic oxidation sites excluding steroid dienone is 1. The van der Waals surface area contributed by atoms with Crippen molar-refractivity contribution in [3.8, 4) is 0 Å². The number of pyridine rings is 1. The van der Waals surface area contributed by atoms with Gasteiger partial charge >= 0.3 is 0 Å². The Balaban J connectivity index is 1.76. The molecule has 1 atom stereocenters. The second-order valence-electron chi connectivity index (χ2n) is 7.33. The van der Waals surface area contributed by atoms with Crippen LogP contribution in [-0.4, -0.2) is 22.4 Å². The Morgan fingerprint density at radius 2 is 1.74 bits per heavy atom. The molecule has 1 aliphatic rings. The molecule has 0 aromatic carbocycles. The summed E-state index contributed by atoms with van der Waals surface area (Å²) in [7, 11) is 0. The van der Waals surface area contributed by atoms with Gasteiger partial charge in [0.1, 0.15) is 5.37 Å². The van der Waals surface area contributed by atoms with Crippen LogP contribution in [0.5, 0.6) is 0 Å². The highest BCUT2D eigenvalue weighted by Crippen LogP contribution is 2.47. The second kappa shape index (κ2) is 12.1. The maximum Gasteiger partial charge on any atom is 0.106 e. The van der Waals surface area contributed by atoms with E-state index in [4.69, 9.17) is 0 Å². The van der Waals surface area contributed by atoms with E-state index in [1.807, 2.05) is 25.3 Å². The molecule has 27 heavy (non-hydrogen) atoms. The third-order valence-corrected chi connectivity index (χ3v) is 6.63. The summed E-state index contributed by atoms with van der Waals surface area (Å²) in [6.07, 6.45) is 16.6. The first-order chi connectivity index (χ1) is 13.1. The van der Waals surface area contributed by atoms with E-state index in [1.54, 1.807) is 6.20 Å². The summed E-state index contributed by atoms with van der Waals surface area (Å²) in [4.78, 5) is 18.2. The summed E-state index contributed by atoms with van der Waals surface area (Å²) >= 11 is 1.37. The Bertz CT molecular complexity index is 604. The maximum atomic E-state index is 11.4. The lowest BCUT2D eigenvalue weighted by Crippen LogP contribution is -2.25. The highest BCUT2D eigenvalue weighted by molar-refractivity contribution is 8.04. The van der Waals surface area contributed by atoms with E-state index in [-0.39, 0.29) is 5.37 Å². The lowest BCUT2D eigenvalue weighted by Gasteiger charge is -2.27. The summed E-state index contributed by atoms with van der Waals surface area (Å²) in [5.41, 5.74) is 1.87. The first kappa shape index (κ1) is 21.8. The number of carbonyl (C=O) groups is 1. The zero-order valence-corrected chi connectivity index (χ0v) is 17.6. The van der Waals surface area contributed by atoms with Gasteiger partial charge in [-0.25, -0.2) is 0 Å². The fraction of sp³-hybridized carbons (Fsp3) is 0.636. The number of carbonyl (C=O) groups excluding carboxylic acids is 1. The Labute approximate surface area is 168 Å². The van der Waals surface area contributed by atoms with Crippen LogP contribution in [0.4, 0.5) is 0 Å². The molecule has 0 saturated carbocycles. The summed E-state index contributed by atoms with van der Waals surface area (Å²) in [5.74, 6) is -1.07. The molecule has 0 fully saturated rings. The van der Waals surface area contributed by atoms with E-state index in [9.17, 15) is 9.90 Å². The number of thioether (sulfide) groups is 1. The van der Waals surface area contributed by atoms with Crippen LogP contribution in [-0.2, 0) is 4.79 Å². The van der Waals surface area contributed by atoms with E-state index >= 15 is 0 Å². The highest BCUT2D eigenvalue weighted by Gasteiger charge is 2.31. The predicted octanol–water partition coefficient (Wildman–Crippen LogP) is 5.03. The zero-order valence-electron chi connectivity index (χ0n) is 16.8. The average Bonchev–Trinajstić information content (AvgIpc) is 3.01. The molecule has 4 nitrogen and oxygen atoms in total. The van der Waals surface area contributed by atoms with Crippen molar-refractivity contribution in [1.82, 2.24) is 9.88 Å². The quantitative estimate of drug-likeness (QED) is 0.443. The van der Waals surface area contributed by atoms with Crippen molar-refractivity contribution in [2.45, 2.75) is 83.4 Å². The van der Waals surface area contributed by atoms with Crippen LogP contribution in [0, 0.1) is 0 Å². The largest absolute Gasteiger partial charge is 0.544 e. The second-order valence-corrected chi connectivity index (χ2v) is 8.42. The van der Waals surface area contributed by atoms with Crippen molar-refractivity contribution < 1.29 is 9.90 Å². The van der Waals surface area contributed by atoms with Crippen molar-refractivity contribution in [2.24, 2.45) is 0 Å². The van der Waals surface area contributed by atoms with Gasteiger partial charge in [0.05, 0.1) is 10.9 Å². The Morgan fingerprint density at radius 1 is 1.11 bits per heavy atom. The van der Waals surface area contributed by atoms with Gasteiger partial charge in [-0.05, 0) is 19.4 Å². The first-order valence-electron chi connectivity index (χ1n) is 10.4. The lowest BCUT2D eigenvalue weighted by molar-refractivity contribution is -0.298. The molecule has 0 spiro atoms. The zero-order chi connectivity index (χ0) is 19.5. The predicted molar refractivity (Wildman–Crippen MR) is 111 cm³/mol. The molecule has 0 radical (unpaired) electrons. The van der Waals surface area contributed by atoms with Crippen LogP contribution in [0.25, 0.3) is 0 Å².